The summed E-state index contributed by atoms with van der Waals surface area (Å²) in [7, 11) is -1.29. The van der Waals surface area contributed by atoms with Crippen LogP contribution in [-0.2, 0) is 10.0 Å². The molecule has 0 bridgehead atoms. The molecule has 3 N–H and O–H groups in total. The molecule has 6 nitrogen and oxygen atoms in total. The van der Waals surface area contributed by atoms with Crippen molar-refractivity contribution in [2.45, 2.75) is 4.90 Å². The average molecular weight is 315 g/mol. The number of hydrogen-bond acceptors (Lipinski definition) is 5. The predicted octanol–water partition coefficient (Wildman–Crippen LogP) is 0.502. The van der Waals surface area contributed by atoms with Gasteiger partial charge in [0.05, 0.1) is 14.2 Å². The molecule has 0 atom stereocenters. The Labute approximate surface area is 117 Å². The molecule has 110 valence electrons. The van der Waals surface area contributed by atoms with Gasteiger partial charge in [0, 0.05) is 25.2 Å². The van der Waals surface area contributed by atoms with Gasteiger partial charge in [-0.2, -0.15) is 0 Å². The lowest BCUT2D eigenvalue weighted by molar-refractivity contribution is 0.350. The van der Waals surface area contributed by atoms with E-state index >= 15 is 0 Å². The van der Waals surface area contributed by atoms with Crippen molar-refractivity contribution in [3.63, 3.8) is 0 Å². The van der Waals surface area contributed by atoms with Crippen LogP contribution in [0.4, 0.5) is 4.39 Å². The quantitative estimate of drug-likeness (QED) is 0.798. The first-order valence-corrected chi connectivity index (χ1v) is 6.55. The zero-order valence-corrected chi connectivity index (χ0v) is 12.1. The molecule has 1 aromatic rings. The van der Waals surface area contributed by atoms with E-state index in [-0.39, 0.29) is 37.0 Å². The minimum atomic E-state index is -3.95. The molecule has 0 saturated heterocycles. The minimum absolute atomic E-state index is 0. The first-order valence-electron chi connectivity index (χ1n) is 5.07. The monoisotopic (exact) mass is 314 g/mol. The molecule has 0 unspecified atom stereocenters. The topological polar surface area (TPSA) is 90.7 Å². The molecule has 0 heterocycles. The van der Waals surface area contributed by atoms with Crippen LogP contribution in [0.25, 0.3) is 0 Å². The molecule has 1 rings (SSSR count). The molecule has 0 aliphatic rings. The van der Waals surface area contributed by atoms with Crippen molar-refractivity contribution in [1.82, 2.24) is 4.72 Å². The molecule has 0 aliphatic heterocycles. The van der Waals surface area contributed by atoms with Crippen LogP contribution in [0, 0.1) is 5.82 Å². The Morgan fingerprint density at radius 2 is 1.79 bits per heavy atom. The first-order chi connectivity index (χ1) is 8.46. The van der Waals surface area contributed by atoms with Crippen molar-refractivity contribution in [1.29, 1.82) is 0 Å². The van der Waals surface area contributed by atoms with E-state index in [9.17, 15) is 12.8 Å². The summed E-state index contributed by atoms with van der Waals surface area (Å²) in [5, 5.41) is 0. The highest BCUT2D eigenvalue weighted by molar-refractivity contribution is 7.89. The number of rotatable bonds is 6. The molecule has 19 heavy (non-hydrogen) atoms. The van der Waals surface area contributed by atoms with Crippen molar-refractivity contribution >= 4 is 22.4 Å². The second-order valence-corrected chi connectivity index (χ2v) is 5.06. The Kier molecular flexibility index (Phi) is 7.06. The maximum absolute atomic E-state index is 13.7. The molecule has 0 radical (unpaired) electrons. The predicted molar refractivity (Wildman–Crippen MR) is 71.0 cm³/mol. The molecule has 0 aromatic heterocycles. The van der Waals surface area contributed by atoms with E-state index in [0.717, 1.165) is 12.1 Å². The fourth-order valence-corrected chi connectivity index (χ4v) is 2.43. The SMILES string of the molecule is COc1cc(F)c(S(=O)(=O)NCCN)cc1OC.Cl. The molecule has 0 spiro atoms. The Bertz CT molecular complexity index is 525. The normalized spacial score (nSPS) is 10.7. The van der Waals surface area contributed by atoms with E-state index in [1.165, 1.54) is 14.2 Å². The van der Waals surface area contributed by atoms with Crippen molar-refractivity contribution in [3.05, 3.63) is 17.9 Å². The third kappa shape index (κ3) is 4.20. The molecule has 0 saturated carbocycles. The number of halogens is 2. The number of nitrogens with two attached hydrogens (primary N) is 1. The lowest BCUT2D eigenvalue weighted by Gasteiger charge is -2.11. The fourth-order valence-electron chi connectivity index (χ4n) is 1.31. The third-order valence-electron chi connectivity index (χ3n) is 2.16. The second-order valence-electron chi connectivity index (χ2n) is 3.32. The van der Waals surface area contributed by atoms with Crippen molar-refractivity contribution < 1.29 is 22.3 Å². The van der Waals surface area contributed by atoms with Crippen LogP contribution in [0.2, 0.25) is 0 Å². The van der Waals surface area contributed by atoms with Crippen LogP contribution in [0.1, 0.15) is 0 Å². The van der Waals surface area contributed by atoms with Gasteiger partial charge in [-0.25, -0.2) is 17.5 Å². The Morgan fingerprint density at radius 3 is 2.26 bits per heavy atom. The minimum Gasteiger partial charge on any atom is -0.493 e. The van der Waals surface area contributed by atoms with E-state index in [2.05, 4.69) is 4.72 Å². The first kappa shape index (κ1) is 17.9. The van der Waals surface area contributed by atoms with E-state index in [1.54, 1.807) is 0 Å². The van der Waals surface area contributed by atoms with Crippen LogP contribution in [0.5, 0.6) is 11.5 Å². The van der Waals surface area contributed by atoms with Gasteiger partial charge in [0.1, 0.15) is 10.7 Å². The van der Waals surface area contributed by atoms with Crippen LogP contribution in [0.15, 0.2) is 17.0 Å². The number of hydrogen-bond donors (Lipinski definition) is 2. The summed E-state index contributed by atoms with van der Waals surface area (Å²) >= 11 is 0. The van der Waals surface area contributed by atoms with Gasteiger partial charge in [0.15, 0.2) is 11.5 Å². The largest absolute Gasteiger partial charge is 0.493 e. The van der Waals surface area contributed by atoms with E-state index in [4.69, 9.17) is 15.2 Å². The van der Waals surface area contributed by atoms with E-state index in [0.29, 0.717) is 0 Å². The fraction of sp³-hybridized carbons (Fsp3) is 0.400. The number of methoxy groups -OCH3 is 2. The van der Waals surface area contributed by atoms with Crippen molar-refractivity contribution in [3.8, 4) is 11.5 Å². The summed E-state index contributed by atoms with van der Waals surface area (Å²) in [5.41, 5.74) is 5.19. The van der Waals surface area contributed by atoms with Gasteiger partial charge in [0.25, 0.3) is 0 Å². The smallest absolute Gasteiger partial charge is 0.243 e. The number of sulfonamides is 1. The molecular weight excluding hydrogens is 299 g/mol. The summed E-state index contributed by atoms with van der Waals surface area (Å²) in [6.45, 7) is 0.143. The number of benzene rings is 1. The van der Waals surface area contributed by atoms with Gasteiger partial charge < -0.3 is 15.2 Å². The van der Waals surface area contributed by atoms with Gasteiger partial charge in [-0.1, -0.05) is 0 Å². The zero-order chi connectivity index (χ0) is 13.8. The maximum Gasteiger partial charge on any atom is 0.243 e. The van der Waals surface area contributed by atoms with Crippen molar-refractivity contribution in [2.75, 3.05) is 27.3 Å². The van der Waals surface area contributed by atoms with Crippen LogP contribution in [-0.4, -0.2) is 35.7 Å². The summed E-state index contributed by atoms with van der Waals surface area (Å²) < 4.78 is 49.2. The Morgan fingerprint density at radius 1 is 1.26 bits per heavy atom. The number of nitrogens with one attached hydrogen (secondary N) is 1. The maximum atomic E-state index is 13.7. The Balaban J connectivity index is 0.00000324. The third-order valence-corrected chi connectivity index (χ3v) is 3.64. The van der Waals surface area contributed by atoms with Gasteiger partial charge in [-0.15, -0.1) is 12.4 Å². The lowest BCUT2D eigenvalue weighted by Crippen LogP contribution is -2.29. The van der Waals surface area contributed by atoms with E-state index < -0.39 is 20.7 Å². The van der Waals surface area contributed by atoms with Gasteiger partial charge >= 0.3 is 0 Å². The summed E-state index contributed by atoms with van der Waals surface area (Å²) in [4.78, 5) is -0.506. The van der Waals surface area contributed by atoms with Crippen LogP contribution >= 0.6 is 12.4 Å². The van der Waals surface area contributed by atoms with Crippen LogP contribution in [0.3, 0.4) is 0 Å². The summed E-state index contributed by atoms with van der Waals surface area (Å²) in [6, 6.07) is 2.02. The Hall–Kier alpha value is -1.09. The van der Waals surface area contributed by atoms with Gasteiger partial charge in [-0.3, -0.25) is 0 Å². The number of ether oxygens (including phenoxy) is 2. The van der Waals surface area contributed by atoms with Crippen LogP contribution < -0.4 is 19.9 Å². The molecule has 1 aromatic carbocycles. The van der Waals surface area contributed by atoms with Gasteiger partial charge in [0.2, 0.25) is 10.0 Å². The molecule has 0 amide bonds. The highest BCUT2D eigenvalue weighted by Gasteiger charge is 2.21. The average Bonchev–Trinajstić information content (AvgIpc) is 2.35. The standard InChI is InChI=1S/C10H15FN2O4S.ClH/c1-16-8-5-7(11)10(6-9(8)17-2)18(14,15)13-4-3-12;/h5-6,13H,3-4,12H2,1-2H3;1H. The lowest BCUT2D eigenvalue weighted by atomic mass is 10.3. The molecule has 9 heteroatoms. The zero-order valence-electron chi connectivity index (χ0n) is 10.5. The summed E-state index contributed by atoms with van der Waals surface area (Å²) in [6.07, 6.45) is 0. The molecule has 0 aliphatic carbocycles. The summed E-state index contributed by atoms with van der Waals surface area (Å²) in [5.74, 6) is -0.669. The van der Waals surface area contributed by atoms with Crippen molar-refractivity contribution in [2.24, 2.45) is 5.73 Å². The van der Waals surface area contributed by atoms with E-state index in [1.807, 2.05) is 0 Å². The second kappa shape index (κ2) is 7.49. The highest BCUT2D eigenvalue weighted by Crippen LogP contribution is 2.31. The molecular formula is C10H16ClFN2O4S. The highest BCUT2D eigenvalue weighted by atomic mass is 35.5. The molecule has 0 fully saturated rings. The van der Waals surface area contributed by atoms with Gasteiger partial charge in [-0.05, 0) is 0 Å².